The molecule has 6 heteroatoms. The van der Waals surface area contributed by atoms with Gasteiger partial charge in [0.1, 0.15) is 6.61 Å². The molecule has 6 nitrogen and oxygen atoms in total. The molecule has 1 amide bonds. The van der Waals surface area contributed by atoms with Crippen LogP contribution >= 0.6 is 0 Å². The van der Waals surface area contributed by atoms with E-state index in [1.165, 1.54) is 0 Å². The fourth-order valence-corrected chi connectivity index (χ4v) is 2.02. The van der Waals surface area contributed by atoms with E-state index in [9.17, 15) is 4.79 Å². The Morgan fingerprint density at radius 2 is 2.33 bits per heavy atom. The number of hydrogen-bond acceptors (Lipinski definition) is 4. The highest BCUT2D eigenvalue weighted by atomic mass is 16.5. The van der Waals surface area contributed by atoms with Gasteiger partial charge in [-0.2, -0.15) is 0 Å². The number of ether oxygens (including phenoxy) is 2. The molecule has 0 spiro atoms. The van der Waals surface area contributed by atoms with Gasteiger partial charge in [-0.1, -0.05) is 0 Å². The van der Waals surface area contributed by atoms with Crippen LogP contribution < -0.4 is 0 Å². The van der Waals surface area contributed by atoms with Crippen LogP contribution in [0.3, 0.4) is 0 Å². The van der Waals surface area contributed by atoms with E-state index in [1.807, 2.05) is 16.5 Å². The number of methoxy groups -OCH3 is 1. The van der Waals surface area contributed by atoms with Gasteiger partial charge in [0.2, 0.25) is 5.91 Å². The maximum absolute atomic E-state index is 11.9. The Morgan fingerprint density at radius 3 is 3.11 bits per heavy atom. The first-order valence-corrected chi connectivity index (χ1v) is 6.06. The van der Waals surface area contributed by atoms with Gasteiger partial charge in [0.15, 0.2) is 0 Å². The number of carbonyl (C=O) groups is 1. The minimum atomic E-state index is 0.0259. The van der Waals surface area contributed by atoms with Crippen LogP contribution in [0.4, 0.5) is 0 Å². The molecule has 0 aliphatic carbocycles. The molecule has 1 aliphatic heterocycles. The van der Waals surface area contributed by atoms with Gasteiger partial charge in [-0.05, 0) is 0 Å². The van der Waals surface area contributed by atoms with Crippen LogP contribution in [0.5, 0.6) is 0 Å². The van der Waals surface area contributed by atoms with E-state index < -0.39 is 0 Å². The van der Waals surface area contributed by atoms with Gasteiger partial charge in [-0.3, -0.25) is 4.79 Å². The van der Waals surface area contributed by atoms with E-state index in [0.29, 0.717) is 19.8 Å². The predicted octanol–water partition coefficient (Wildman–Crippen LogP) is -0.0322. The summed E-state index contributed by atoms with van der Waals surface area (Å²) in [6, 6.07) is 0. The molecule has 0 bridgehead atoms. The molecule has 0 fully saturated rings. The van der Waals surface area contributed by atoms with Crippen molar-refractivity contribution >= 4 is 5.91 Å². The fraction of sp³-hybridized carbons (Fsp3) is 0.667. The van der Waals surface area contributed by atoms with Gasteiger partial charge in [0.05, 0.1) is 37.5 Å². The van der Waals surface area contributed by atoms with Gasteiger partial charge in [0, 0.05) is 27.1 Å². The Morgan fingerprint density at radius 1 is 1.50 bits per heavy atom. The number of rotatable bonds is 5. The molecular formula is C12H19N3O3. The summed E-state index contributed by atoms with van der Waals surface area (Å²) in [4.78, 5) is 18.1. The SMILES string of the molecule is COCCOCC(=O)N1CCc2ncn(C)c2C1. The third kappa shape index (κ3) is 2.88. The molecule has 0 radical (unpaired) electrons. The summed E-state index contributed by atoms with van der Waals surface area (Å²) in [5.74, 6) is 0.0259. The standard InChI is InChI=1S/C12H19N3O3/c1-14-9-13-10-3-4-15(7-11(10)14)12(16)8-18-6-5-17-2/h9H,3-8H2,1-2H3. The molecule has 1 aromatic heterocycles. The summed E-state index contributed by atoms with van der Waals surface area (Å²) >= 11 is 0. The average Bonchev–Trinajstić information content (AvgIpc) is 2.76. The molecule has 18 heavy (non-hydrogen) atoms. The number of nitrogens with zero attached hydrogens (tertiary/aromatic N) is 3. The lowest BCUT2D eigenvalue weighted by atomic mass is 10.1. The van der Waals surface area contributed by atoms with Crippen molar-refractivity contribution in [3.63, 3.8) is 0 Å². The molecule has 2 heterocycles. The van der Waals surface area contributed by atoms with Crippen molar-refractivity contribution in [2.45, 2.75) is 13.0 Å². The number of aryl methyl sites for hydroxylation is 1. The van der Waals surface area contributed by atoms with E-state index >= 15 is 0 Å². The number of fused-ring (bicyclic) bond motifs is 1. The minimum absolute atomic E-state index is 0.0259. The highest BCUT2D eigenvalue weighted by molar-refractivity contribution is 5.77. The highest BCUT2D eigenvalue weighted by Crippen LogP contribution is 2.16. The molecule has 100 valence electrons. The molecule has 0 saturated heterocycles. The van der Waals surface area contributed by atoms with Crippen LogP contribution in [0, 0.1) is 0 Å². The summed E-state index contributed by atoms with van der Waals surface area (Å²) in [5, 5.41) is 0. The number of imidazole rings is 1. The highest BCUT2D eigenvalue weighted by Gasteiger charge is 2.23. The second kappa shape index (κ2) is 5.97. The van der Waals surface area contributed by atoms with Crippen molar-refractivity contribution in [3.8, 4) is 0 Å². The predicted molar refractivity (Wildman–Crippen MR) is 65.0 cm³/mol. The van der Waals surface area contributed by atoms with Crippen LogP contribution in [0.1, 0.15) is 11.4 Å². The second-order valence-corrected chi connectivity index (χ2v) is 4.36. The van der Waals surface area contributed by atoms with Crippen molar-refractivity contribution < 1.29 is 14.3 Å². The van der Waals surface area contributed by atoms with Crippen LogP contribution in [0.15, 0.2) is 6.33 Å². The lowest BCUT2D eigenvalue weighted by Gasteiger charge is -2.27. The Hall–Kier alpha value is -1.40. The molecular weight excluding hydrogens is 234 g/mol. The Bertz CT molecular complexity index is 417. The van der Waals surface area contributed by atoms with Gasteiger partial charge < -0.3 is 18.9 Å². The maximum atomic E-state index is 11.9. The largest absolute Gasteiger partial charge is 0.382 e. The van der Waals surface area contributed by atoms with Crippen LogP contribution in [-0.4, -0.2) is 53.8 Å². The molecule has 0 saturated carbocycles. The van der Waals surface area contributed by atoms with E-state index in [2.05, 4.69) is 4.98 Å². The van der Waals surface area contributed by atoms with Crippen molar-refractivity contribution in [1.29, 1.82) is 0 Å². The van der Waals surface area contributed by atoms with Crippen molar-refractivity contribution in [3.05, 3.63) is 17.7 Å². The van der Waals surface area contributed by atoms with Crippen LogP contribution in [0.2, 0.25) is 0 Å². The van der Waals surface area contributed by atoms with Crippen molar-refractivity contribution in [1.82, 2.24) is 14.5 Å². The van der Waals surface area contributed by atoms with Crippen molar-refractivity contribution in [2.24, 2.45) is 7.05 Å². The molecule has 0 unspecified atom stereocenters. The van der Waals surface area contributed by atoms with E-state index in [-0.39, 0.29) is 12.5 Å². The first-order chi connectivity index (χ1) is 8.72. The Labute approximate surface area is 106 Å². The number of carbonyl (C=O) groups excluding carboxylic acids is 1. The lowest BCUT2D eigenvalue weighted by Crippen LogP contribution is -2.39. The fourth-order valence-electron chi connectivity index (χ4n) is 2.02. The smallest absolute Gasteiger partial charge is 0.248 e. The average molecular weight is 253 g/mol. The van der Waals surface area contributed by atoms with Crippen LogP contribution in [-0.2, 0) is 34.3 Å². The van der Waals surface area contributed by atoms with E-state index in [0.717, 1.165) is 24.4 Å². The molecule has 1 aliphatic rings. The van der Waals surface area contributed by atoms with Crippen LogP contribution in [0.25, 0.3) is 0 Å². The first-order valence-electron chi connectivity index (χ1n) is 6.06. The normalized spacial score (nSPS) is 14.7. The summed E-state index contributed by atoms with van der Waals surface area (Å²) in [7, 11) is 3.56. The third-order valence-electron chi connectivity index (χ3n) is 3.11. The van der Waals surface area contributed by atoms with Gasteiger partial charge in [-0.25, -0.2) is 4.98 Å². The van der Waals surface area contributed by atoms with E-state index in [1.54, 1.807) is 13.4 Å². The van der Waals surface area contributed by atoms with E-state index in [4.69, 9.17) is 9.47 Å². The monoisotopic (exact) mass is 253 g/mol. The summed E-state index contributed by atoms with van der Waals surface area (Å²) in [5.41, 5.74) is 2.22. The topological polar surface area (TPSA) is 56.6 Å². The van der Waals surface area contributed by atoms with Gasteiger partial charge in [-0.15, -0.1) is 0 Å². The molecule has 2 rings (SSSR count). The van der Waals surface area contributed by atoms with Gasteiger partial charge in [0.25, 0.3) is 0 Å². The maximum Gasteiger partial charge on any atom is 0.248 e. The molecule has 0 aromatic carbocycles. The molecule has 0 atom stereocenters. The zero-order valence-electron chi connectivity index (χ0n) is 10.9. The number of aromatic nitrogens is 2. The minimum Gasteiger partial charge on any atom is -0.382 e. The number of amides is 1. The Balaban J connectivity index is 1.84. The summed E-state index contributed by atoms with van der Waals surface area (Å²) in [6.07, 6.45) is 2.62. The quantitative estimate of drug-likeness (QED) is 0.691. The summed E-state index contributed by atoms with van der Waals surface area (Å²) in [6.45, 7) is 2.43. The molecule has 1 aromatic rings. The summed E-state index contributed by atoms with van der Waals surface area (Å²) < 4.78 is 12.1. The lowest BCUT2D eigenvalue weighted by molar-refractivity contribution is -0.137. The second-order valence-electron chi connectivity index (χ2n) is 4.36. The zero-order chi connectivity index (χ0) is 13.0. The first kappa shape index (κ1) is 13.0. The Kier molecular flexibility index (Phi) is 4.33. The zero-order valence-corrected chi connectivity index (χ0v) is 10.9. The van der Waals surface area contributed by atoms with Crippen molar-refractivity contribution in [2.75, 3.05) is 33.5 Å². The van der Waals surface area contributed by atoms with Gasteiger partial charge >= 0.3 is 0 Å². The third-order valence-corrected chi connectivity index (χ3v) is 3.11. The molecule has 0 N–H and O–H groups in total. The number of hydrogen-bond donors (Lipinski definition) is 0.